The van der Waals surface area contributed by atoms with Gasteiger partial charge in [0.25, 0.3) is 0 Å². The average molecular weight is 559 g/mol. The second-order valence-corrected chi connectivity index (χ2v) is 7.82. The molecule has 0 saturated heterocycles. The Hall–Kier alpha value is -2.75. The summed E-state index contributed by atoms with van der Waals surface area (Å²) >= 11 is 0. The molecule has 0 bridgehead atoms. The molecule has 2 aliphatic rings. The minimum absolute atomic E-state index is 0. The van der Waals surface area contributed by atoms with Crippen LogP contribution in [-0.2, 0) is 46.0 Å². The van der Waals surface area contributed by atoms with Gasteiger partial charge < -0.3 is 15.3 Å². The van der Waals surface area contributed by atoms with E-state index >= 15 is 0 Å². The van der Waals surface area contributed by atoms with Crippen LogP contribution in [0.5, 0.6) is 0 Å². The van der Waals surface area contributed by atoms with Crippen LogP contribution in [-0.4, -0.2) is 15.3 Å². The minimum atomic E-state index is 0. The van der Waals surface area contributed by atoms with Gasteiger partial charge in [-0.05, 0) is 29.5 Å². The van der Waals surface area contributed by atoms with Crippen molar-refractivity contribution in [1.82, 2.24) is 0 Å². The summed E-state index contributed by atoms with van der Waals surface area (Å²) in [5.41, 5.74) is 5.76. The molecule has 0 atom stereocenters. The van der Waals surface area contributed by atoms with E-state index in [-0.39, 0.29) is 46.0 Å². The summed E-state index contributed by atoms with van der Waals surface area (Å²) in [4.78, 5) is 0. The molecule has 0 radical (unpaired) electrons. The van der Waals surface area contributed by atoms with Gasteiger partial charge in [-0.2, -0.15) is 29.7 Å². The monoisotopic (exact) mass is 557 g/mol. The molecule has 0 saturated carbocycles. The third-order valence-electron chi connectivity index (χ3n) is 5.05. The van der Waals surface area contributed by atoms with Crippen molar-refractivity contribution < 1.29 is 41.5 Å². The van der Waals surface area contributed by atoms with Gasteiger partial charge in [0, 0.05) is 26.2 Å². The van der Waals surface area contributed by atoms with E-state index in [0.29, 0.717) is 0 Å². The Morgan fingerprint density at radius 3 is 1.00 bits per heavy atom. The van der Waals surface area contributed by atoms with E-state index in [2.05, 4.69) is 42.9 Å². The molecule has 0 amide bonds. The Kier molecular flexibility index (Phi) is 17.8. The molecular weight excluding hydrogens is 524 g/mol. The molecular formula is C32H35O3Zr-. The molecule has 186 valence electrons. The van der Waals surface area contributed by atoms with Gasteiger partial charge in [-0.1, -0.05) is 103 Å². The van der Waals surface area contributed by atoms with Gasteiger partial charge >= 0.3 is 0 Å². The average Bonchev–Trinajstić information content (AvgIpc) is 3.66. The Balaban J connectivity index is 0.000000241. The van der Waals surface area contributed by atoms with Crippen LogP contribution in [0.15, 0.2) is 139 Å². The third-order valence-corrected chi connectivity index (χ3v) is 5.05. The van der Waals surface area contributed by atoms with Gasteiger partial charge in [0.05, 0.1) is 19.8 Å². The smallest absolute Gasteiger partial charge is 0.0681 e. The van der Waals surface area contributed by atoms with Crippen molar-refractivity contribution in [2.24, 2.45) is 0 Å². The van der Waals surface area contributed by atoms with Crippen molar-refractivity contribution in [3.8, 4) is 0 Å². The van der Waals surface area contributed by atoms with E-state index in [1.54, 1.807) is 0 Å². The van der Waals surface area contributed by atoms with Crippen molar-refractivity contribution in [1.29, 1.82) is 0 Å². The maximum atomic E-state index is 8.54. The molecule has 0 unspecified atom stereocenters. The zero-order valence-electron chi connectivity index (χ0n) is 20.6. The van der Waals surface area contributed by atoms with Crippen molar-refractivity contribution in [2.75, 3.05) is 0 Å². The van der Waals surface area contributed by atoms with Crippen molar-refractivity contribution >= 4 is 0 Å². The number of hydrogen-bond acceptors (Lipinski definition) is 3. The van der Waals surface area contributed by atoms with E-state index in [0.717, 1.165) is 29.5 Å². The first kappa shape index (κ1) is 31.3. The summed E-state index contributed by atoms with van der Waals surface area (Å²) < 4.78 is 0. The summed E-state index contributed by atoms with van der Waals surface area (Å²) in [5.74, 6) is 0. The number of benzene rings is 3. The molecule has 0 aliphatic heterocycles. The number of hydrogen-bond donors (Lipinski definition) is 3. The maximum Gasteiger partial charge on any atom is 0.0681 e. The van der Waals surface area contributed by atoms with E-state index in [9.17, 15) is 0 Å². The predicted molar refractivity (Wildman–Crippen MR) is 145 cm³/mol. The van der Waals surface area contributed by atoms with Gasteiger partial charge in [0.15, 0.2) is 0 Å². The SMILES string of the molecule is C1=CCC([CH-]C2=CC=CC2)=C1.OCc1ccccc1.OCc1ccccc1.OCc1ccccc1.[Zr]. The number of rotatable bonds is 5. The van der Waals surface area contributed by atoms with E-state index < -0.39 is 0 Å². The molecule has 36 heavy (non-hydrogen) atoms. The fourth-order valence-electron chi connectivity index (χ4n) is 3.13. The number of allylic oxidation sites excluding steroid dienone is 8. The zero-order chi connectivity index (χ0) is 25.0. The van der Waals surface area contributed by atoms with Crippen LogP contribution in [0.3, 0.4) is 0 Å². The van der Waals surface area contributed by atoms with Crippen LogP contribution in [0.2, 0.25) is 0 Å². The minimum Gasteiger partial charge on any atom is -0.392 e. The van der Waals surface area contributed by atoms with Crippen molar-refractivity contribution in [3.63, 3.8) is 0 Å². The van der Waals surface area contributed by atoms with E-state index in [1.807, 2.05) is 91.0 Å². The van der Waals surface area contributed by atoms with Crippen molar-refractivity contribution in [3.05, 3.63) is 162 Å². The quantitative estimate of drug-likeness (QED) is 0.314. The topological polar surface area (TPSA) is 60.7 Å². The number of aliphatic hydroxyl groups is 3. The molecule has 0 aromatic heterocycles. The van der Waals surface area contributed by atoms with Crippen LogP contribution < -0.4 is 0 Å². The standard InChI is InChI=1S/C11H11.3C7H8O.Zr/c1-2-6-10(5-1)9-11-7-3-4-8-11;3*8-6-7-4-2-1-3-5-7;/h1-5,7,9H,6,8H2;3*1-5,8H,6H2;/q-1;;;;. The summed E-state index contributed by atoms with van der Waals surface area (Å²) in [7, 11) is 0. The summed E-state index contributed by atoms with van der Waals surface area (Å²) in [6.45, 7) is 0.419. The van der Waals surface area contributed by atoms with Crippen LogP contribution in [0.4, 0.5) is 0 Å². The van der Waals surface area contributed by atoms with Gasteiger partial charge in [-0.15, -0.1) is 12.2 Å². The van der Waals surface area contributed by atoms with E-state index in [1.165, 1.54) is 11.1 Å². The normalized spacial score (nSPS) is 12.3. The first-order valence-electron chi connectivity index (χ1n) is 11.8. The molecule has 3 N–H and O–H groups in total. The Morgan fingerprint density at radius 1 is 0.500 bits per heavy atom. The summed E-state index contributed by atoms with van der Waals surface area (Å²) in [6, 6.07) is 28.6. The first-order chi connectivity index (χ1) is 17.2. The van der Waals surface area contributed by atoms with Gasteiger partial charge in [-0.3, -0.25) is 0 Å². The third kappa shape index (κ3) is 14.0. The van der Waals surface area contributed by atoms with Gasteiger partial charge in [-0.25, -0.2) is 0 Å². The van der Waals surface area contributed by atoms with Crippen LogP contribution in [0, 0.1) is 6.42 Å². The van der Waals surface area contributed by atoms with Gasteiger partial charge in [0.2, 0.25) is 0 Å². The molecule has 0 fully saturated rings. The molecule has 2 aliphatic carbocycles. The van der Waals surface area contributed by atoms with Crippen LogP contribution in [0.25, 0.3) is 0 Å². The van der Waals surface area contributed by atoms with E-state index in [4.69, 9.17) is 15.3 Å². The zero-order valence-corrected chi connectivity index (χ0v) is 23.0. The molecule has 3 nitrogen and oxygen atoms in total. The Labute approximate surface area is 235 Å². The summed E-state index contributed by atoms with van der Waals surface area (Å²) in [5, 5.41) is 25.6. The molecule has 3 aromatic carbocycles. The molecule has 5 rings (SSSR count). The van der Waals surface area contributed by atoms with Gasteiger partial charge in [0.1, 0.15) is 0 Å². The molecule has 0 heterocycles. The largest absolute Gasteiger partial charge is 0.392 e. The molecule has 0 spiro atoms. The number of aliphatic hydroxyl groups excluding tert-OH is 3. The van der Waals surface area contributed by atoms with Crippen LogP contribution in [0.1, 0.15) is 29.5 Å². The Bertz CT molecular complexity index is 934. The summed E-state index contributed by atoms with van der Waals surface area (Å²) in [6.07, 6.45) is 17.5. The fraction of sp³-hybridized carbons (Fsp3) is 0.156. The first-order valence-corrected chi connectivity index (χ1v) is 11.8. The van der Waals surface area contributed by atoms with Crippen molar-refractivity contribution in [2.45, 2.75) is 32.7 Å². The molecule has 3 aromatic rings. The van der Waals surface area contributed by atoms with Crippen LogP contribution >= 0.6 is 0 Å². The second kappa shape index (κ2) is 20.4. The fourth-order valence-corrected chi connectivity index (χ4v) is 3.13. The molecule has 4 heteroatoms. The maximum absolute atomic E-state index is 8.54. The Morgan fingerprint density at radius 2 is 0.806 bits per heavy atom. The predicted octanol–water partition coefficient (Wildman–Crippen LogP) is 6.50. The second-order valence-electron chi connectivity index (χ2n) is 7.82.